The highest BCUT2D eigenvalue weighted by molar-refractivity contribution is 6.30. The minimum absolute atomic E-state index is 0.325. The van der Waals surface area contributed by atoms with Crippen molar-refractivity contribution in [3.8, 4) is 0 Å². The van der Waals surface area contributed by atoms with E-state index in [0.717, 1.165) is 30.0 Å². The summed E-state index contributed by atoms with van der Waals surface area (Å²) in [6.07, 6.45) is 1.35. The van der Waals surface area contributed by atoms with Gasteiger partial charge >= 0.3 is 0 Å². The molecule has 2 N–H and O–H groups in total. The number of halogens is 1. The summed E-state index contributed by atoms with van der Waals surface area (Å²) in [5.74, 6) is 0. The second-order valence-corrected chi connectivity index (χ2v) is 5.38. The maximum atomic E-state index is 9.95. The number of nitrogens with one attached hydrogen (secondary N) is 1. The Morgan fingerprint density at radius 3 is 2.50 bits per heavy atom. The Labute approximate surface area is 125 Å². The highest BCUT2D eigenvalue weighted by Crippen LogP contribution is 2.10. The number of hydrogen-bond acceptors (Lipinski definition) is 2. The Hall–Kier alpha value is -1.35. The largest absolute Gasteiger partial charge is 0.392 e. The molecule has 0 heterocycles. The van der Waals surface area contributed by atoms with Crippen LogP contribution in [0.1, 0.15) is 17.5 Å². The first kappa shape index (κ1) is 15.0. The number of benzene rings is 2. The summed E-state index contributed by atoms with van der Waals surface area (Å²) < 4.78 is 0. The zero-order valence-corrected chi connectivity index (χ0v) is 12.2. The third-order valence-corrected chi connectivity index (χ3v) is 3.44. The van der Waals surface area contributed by atoms with Gasteiger partial charge in [-0.25, -0.2) is 0 Å². The second-order valence-electron chi connectivity index (χ2n) is 4.94. The Bertz CT molecular complexity index is 515. The molecule has 0 amide bonds. The average Bonchev–Trinajstić information content (AvgIpc) is 2.46. The van der Waals surface area contributed by atoms with Gasteiger partial charge in [-0.2, -0.15) is 0 Å². The molecule has 106 valence electrons. The number of aliphatic hydroxyl groups excluding tert-OH is 1. The number of hydrogen-bond donors (Lipinski definition) is 2. The summed E-state index contributed by atoms with van der Waals surface area (Å²) >= 11 is 5.93. The Morgan fingerprint density at radius 1 is 1.00 bits per heavy atom. The highest BCUT2D eigenvalue weighted by atomic mass is 35.5. The van der Waals surface area contributed by atoms with E-state index >= 15 is 0 Å². The SMILES string of the molecule is O[C@H](CCc1ccccc1)CNCc1cccc(Cl)c1. The molecule has 0 fully saturated rings. The third-order valence-electron chi connectivity index (χ3n) is 3.21. The van der Waals surface area contributed by atoms with Gasteiger partial charge in [0.15, 0.2) is 0 Å². The first-order chi connectivity index (χ1) is 9.74. The monoisotopic (exact) mass is 289 g/mol. The summed E-state index contributed by atoms with van der Waals surface area (Å²) in [6, 6.07) is 18.0. The van der Waals surface area contributed by atoms with Crippen molar-refractivity contribution in [2.24, 2.45) is 0 Å². The van der Waals surface area contributed by atoms with E-state index in [1.54, 1.807) is 0 Å². The van der Waals surface area contributed by atoms with Gasteiger partial charge in [-0.15, -0.1) is 0 Å². The van der Waals surface area contributed by atoms with Crippen LogP contribution in [0, 0.1) is 0 Å². The Kier molecular flexibility index (Phi) is 6.06. The molecule has 0 radical (unpaired) electrons. The number of aryl methyl sites for hydroxylation is 1. The minimum Gasteiger partial charge on any atom is -0.392 e. The molecule has 0 saturated carbocycles. The molecule has 2 nitrogen and oxygen atoms in total. The van der Waals surface area contributed by atoms with E-state index in [2.05, 4.69) is 17.4 Å². The van der Waals surface area contributed by atoms with Crippen LogP contribution >= 0.6 is 11.6 Å². The van der Waals surface area contributed by atoms with Gasteiger partial charge in [0.1, 0.15) is 0 Å². The molecule has 0 unspecified atom stereocenters. The van der Waals surface area contributed by atoms with Gasteiger partial charge in [0.2, 0.25) is 0 Å². The fourth-order valence-corrected chi connectivity index (χ4v) is 2.32. The number of rotatable bonds is 7. The lowest BCUT2D eigenvalue weighted by molar-refractivity contribution is 0.161. The van der Waals surface area contributed by atoms with E-state index in [1.807, 2.05) is 42.5 Å². The van der Waals surface area contributed by atoms with Crippen LogP contribution < -0.4 is 5.32 Å². The van der Waals surface area contributed by atoms with Crippen molar-refractivity contribution in [3.05, 3.63) is 70.7 Å². The summed E-state index contributed by atoms with van der Waals surface area (Å²) in [7, 11) is 0. The van der Waals surface area contributed by atoms with Gasteiger partial charge < -0.3 is 10.4 Å². The molecule has 0 aromatic heterocycles. The van der Waals surface area contributed by atoms with Gasteiger partial charge in [-0.05, 0) is 36.1 Å². The molecular weight excluding hydrogens is 270 g/mol. The van der Waals surface area contributed by atoms with Crippen molar-refractivity contribution in [2.75, 3.05) is 6.54 Å². The van der Waals surface area contributed by atoms with Crippen LogP contribution in [-0.2, 0) is 13.0 Å². The van der Waals surface area contributed by atoms with Crippen LogP contribution in [0.25, 0.3) is 0 Å². The molecule has 0 saturated heterocycles. The van der Waals surface area contributed by atoms with Gasteiger partial charge in [0.25, 0.3) is 0 Å². The van der Waals surface area contributed by atoms with Gasteiger partial charge in [-0.3, -0.25) is 0 Å². The zero-order valence-electron chi connectivity index (χ0n) is 11.4. The van der Waals surface area contributed by atoms with Crippen LogP contribution in [0.2, 0.25) is 5.02 Å². The molecule has 0 aliphatic carbocycles. The molecule has 20 heavy (non-hydrogen) atoms. The predicted molar refractivity (Wildman–Crippen MR) is 83.9 cm³/mol. The zero-order chi connectivity index (χ0) is 14.2. The Balaban J connectivity index is 1.66. The normalized spacial score (nSPS) is 12.3. The highest BCUT2D eigenvalue weighted by Gasteiger charge is 2.04. The van der Waals surface area contributed by atoms with Crippen molar-refractivity contribution in [2.45, 2.75) is 25.5 Å². The molecule has 0 aliphatic heterocycles. The molecule has 2 aromatic rings. The maximum absolute atomic E-state index is 9.95. The molecule has 1 atom stereocenters. The molecule has 0 spiro atoms. The molecule has 2 aromatic carbocycles. The lowest BCUT2D eigenvalue weighted by Gasteiger charge is -2.12. The maximum Gasteiger partial charge on any atom is 0.0667 e. The van der Waals surface area contributed by atoms with Crippen molar-refractivity contribution in [3.63, 3.8) is 0 Å². The smallest absolute Gasteiger partial charge is 0.0667 e. The first-order valence-electron chi connectivity index (χ1n) is 6.91. The van der Waals surface area contributed by atoms with E-state index in [4.69, 9.17) is 11.6 Å². The molecule has 0 aliphatic rings. The fourth-order valence-electron chi connectivity index (χ4n) is 2.11. The fraction of sp³-hybridized carbons (Fsp3) is 0.294. The lowest BCUT2D eigenvalue weighted by Crippen LogP contribution is -2.26. The van der Waals surface area contributed by atoms with E-state index < -0.39 is 0 Å². The number of aliphatic hydroxyl groups is 1. The molecule has 3 heteroatoms. The van der Waals surface area contributed by atoms with Crippen LogP contribution in [0.4, 0.5) is 0 Å². The average molecular weight is 290 g/mol. The van der Waals surface area contributed by atoms with E-state index in [-0.39, 0.29) is 6.10 Å². The lowest BCUT2D eigenvalue weighted by atomic mass is 10.1. The van der Waals surface area contributed by atoms with Crippen molar-refractivity contribution >= 4 is 11.6 Å². The van der Waals surface area contributed by atoms with Crippen molar-refractivity contribution < 1.29 is 5.11 Å². The van der Waals surface area contributed by atoms with Gasteiger partial charge in [0, 0.05) is 18.1 Å². The summed E-state index contributed by atoms with van der Waals surface area (Å²) in [6.45, 7) is 1.32. The van der Waals surface area contributed by atoms with E-state index in [1.165, 1.54) is 5.56 Å². The topological polar surface area (TPSA) is 32.3 Å². The van der Waals surface area contributed by atoms with E-state index in [9.17, 15) is 5.11 Å². The van der Waals surface area contributed by atoms with Crippen LogP contribution in [0.5, 0.6) is 0 Å². The standard InChI is InChI=1S/C17H20ClNO/c18-16-8-4-7-15(11-16)12-19-13-17(20)10-9-14-5-2-1-3-6-14/h1-8,11,17,19-20H,9-10,12-13H2/t17-/m1/s1. The van der Waals surface area contributed by atoms with Crippen LogP contribution in [0.3, 0.4) is 0 Å². The van der Waals surface area contributed by atoms with Crippen molar-refractivity contribution in [1.82, 2.24) is 5.32 Å². The molecular formula is C17H20ClNO. The molecule has 0 bridgehead atoms. The quantitative estimate of drug-likeness (QED) is 0.818. The predicted octanol–water partition coefficient (Wildman–Crippen LogP) is 3.42. The van der Waals surface area contributed by atoms with Crippen molar-refractivity contribution in [1.29, 1.82) is 0 Å². The third kappa shape index (κ3) is 5.33. The second kappa shape index (κ2) is 8.05. The van der Waals surface area contributed by atoms with Crippen LogP contribution in [0.15, 0.2) is 54.6 Å². The molecule has 2 rings (SSSR count). The first-order valence-corrected chi connectivity index (χ1v) is 7.29. The Morgan fingerprint density at radius 2 is 1.75 bits per heavy atom. The van der Waals surface area contributed by atoms with Crippen LogP contribution in [-0.4, -0.2) is 17.8 Å². The summed E-state index contributed by atoms with van der Waals surface area (Å²) in [5.41, 5.74) is 2.40. The van der Waals surface area contributed by atoms with Gasteiger partial charge in [-0.1, -0.05) is 54.1 Å². The minimum atomic E-state index is -0.325. The van der Waals surface area contributed by atoms with Gasteiger partial charge in [0.05, 0.1) is 6.10 Å². The summed E-state index contributed by atoms with van der Waals surface area (Å²) in [5, 5.41) is 14.0. The van der Waals surface area contributed by atoms with E-state index in [0.29, 0.717) is 6.54 Å². The summed E-state index contributed by atoms with van der Waals surface area (Å²) in [4.78, 5) is 0.